The van der Waals surface area contributed by atoms with Crippen LogP contribution in [0.3, 0.4) is 0 Å². The maximum atomic E-state index is 9.29. The van der Waals surface area contributed by atoms with Crippen LogP contribution in [0.5, 0.6) is 0 Å². The van der Waals surface area contributed by atoms with E-state index in [1.807, 2.05) is 35.2 Å². The van der Waals surface area contributed by atoms with E-state index in [0.717, 1.165) is 5.56 Å². The molecule has 1 aromatic carbocycles. The minimum absolute atomic E-state index is 0.0737. The minimum Gasteiger partial charge on any atom is -0.396 e. The highest BCUT2D eigenvalue weighted by Gasteiger charge is 2.22. The van der Waals surface area contributed by atoms with Crippen molar-refractivity contribution in [1.82, 2.24) is 10.1 Å². The van der Waals surface area contributed by atoms with Gasteiger partial charge in [-0.3, -0.25) is 0 Å². The SMILES string of the molecule is OCC1COCCN(c2nc(-c3ccccc3)no2)C1. The maximum Gasteiger partial charge on any atom is 0.324 e. The van der Waals surface area contributed by atoms with Gasteiger partial charge in [-0.05, 0) is 0 Å². The van der Waals surface area contributed by atoms with Crippen LogP contribution in [0.4, 0.5) is 6.01 Å². The van der Waals surface area contributed by atoms with E-state index in [0.29, 0.717) is 38.1 Å². The van der Waals surface area contributed by atoms with Crippen molar-refractivity contribution in [3.05, 3.63) is 30.3 Å². The molecule has 0 saturated carbocycles. The quantitative estimate of drug-likeness (QED) is 0.907. The van der Waals surface area contributed by atoms with Crippen molar-refractivity contribution in [2.24, 2.45) is 5.92 Å². The lowest BCUT2D eigenvalue weighted by Crippen LogP contribution is -2.31. The number of ether oxygens (including phenoxy) is 1. The number of hydrogen-bond acceptors (Lipinski definition) is 6. The first-order chi connectivity index (χ1) is 9.86. The topological polar surface area (TPSA) is 71.6 Å². The van der Waals surface area contributed by atoms with E-state index in [-0.39, 0.29) is 12.5 Å². The van der Waals surface area contributed by atoms with Crippen molar-refractivity contribution in [2.75, 3.05) is 37.8 Å². The van der Waals surface area contributed by atoms with Gasteiger partial charge in [-0.15, -0.1) is 0 Å². The van der Waals surface area contributed by atoms with Crippen molar-refractivity contribution >= 4 is 6.01 Å². The molecule has 106 valence electrons. The molecular weight excluding hydrogens is 258 g/mol. The molecule has 1 saturated heterocycles. The van der Waals surface area contributed by atoms with Gasteiger partial charge < -0.3 is 19.3 Å². The normalized spacial score (nSPS) is 19.9. The van der Waals surface area contributed by atoms with Crippen molar-refractivity contribution in [2.45, 2.75) is 0 Å². The molecule has 20 heavy (non-hydrogen) atoms. The number of aliphatic hydroxyl groups is 1. The zero-order chi connectivity index (χ0) is 13.8. The lowest BCUT2D eigenvalue weighted by Gasteiger charge is -2.19. The summed E-state index contributed by atoms with van der Waals surface area (Å²) in [5.74, 6) is 0.649. The smallest absolute Gasteiger partial charge is 0.324 e. The highest BCUT2D eigenvalue weighted by Crippen LogP contribution is 2.21. The summed E-state index contributed by atoms with van der Waals surface area (Å²) in [5, 5.41) is 13.3. The van der Waals surface area contributed by atoms with Crippen LogP contribution in [-0.4, -0.2) is 48.2 Å². The minimum atomic E-state index is 0.0737. The molecule has 1 N–H and O–H groups in total. The molecule has 2 heterocycles. The van der Waals surface area contributed by atoms with Gasteiger partial charge in [0.2, 0.25) is 5.82 Å². The molecule has 0 radical (unpaired) electrons. The zero-order valence-corrected chi connectivity index (χ0v) is 11.1. The molecule has 1 aliphatic rings. The first-order valence-corrected chi connectivity index (χ1v) is 6.69. The summed E-state index contributed by atoms with van der Waals surface area (Å²) in [7, 11) is 0. The van der Waals surface area contributed by atoms with Gasteiger partial charge in [0.25, 0.3) is 0 Å². The van der Waals surface area contributed by atoms with Crippen molar-refractivity contribution in [3.63, 3.8) is 0 Å². The van der Waals surface area contributed by atoms with E-state index in [1.165, 1.54) is 0 Å². The third-order valence-electron chi connectivity index (χ3n) is 3.31. The predicted octanol–water partition coefficient (Wildman–Crippen LogP) is 1.18. The summed E-state index contributed by atoms with van der Waals surface area (Å²) in [6, 6.07) is 10.2. The summed E-state index contributed by atoms with van der Waals surface area (Å²) < 4.78 is 10.8. The second-order valence-corrected chi connectivity index (χ2v) is 4.84. The Morgan fingerprint density at radius 2 is 2.15 bits per heavy atom. The molecule has 2 aromatic rings. The Balaban J connectivity index is 1.79. The van der Waals surface area contributed by atoms with Crippen molar-refractivity contribution < 1.29 is 14.4 Å². The second-order valence-electron chi connectivity index (χ2n) is 4.84. The largest absolute Gasteiger partial charge is 0.396 e. The van der Waals surface area contributed by atoms with Crippen molar-refractivity contribution in [1.29, 1.82) is 0 Å². The van der Waals surface area contributed by atoms with Crippen LogP contribution in [0.15, 0.2) is 34.9 Å². The summed E-state index contributed by atoms with van der Waals surface area (Å²) in [5.41, 5.74) is 0.923. The fraction of sp³-hybridized carbons (Fsp3) is 0.429. The molecule has 0 bridgehead atoms. The van der Waals surface area contributed by atoms with E-state index >= 15 is 0 Å². The number of anilines is 1. The molecule has 1 fully saturated rings. The van der Waals surface area contributed by atoms with E-state index < -0.39 is 0 Å². The maximum absolute atomic E-state index is 9.29. The Hall–Kier alpha value is -1.92. The number of rotatable bonds is 3. The Labute approximate surface area is 117 Å². The Morgan fingerprint density at radius 3 is 2.95 bits per heavy atom. The monoisotopic (exact) mass is 275 g/mol. The highest BCUT2D eigenvalue weighted by molar-refractivity contribution is 5.55. The number of aromatic nitrogens is 2. The average molecular weight is 275 g/mol. The molecule has 1 aliphatic heterocycles. The molecule has 6 heteroatoms. The van der Waals surface area contributed by atoms with Gasteiger partial charge in [-0.1, -0.05) is 35.5 Å². The molecule has 1 unspecified atom stereocenters. The predicted molar refractivity (Wildman–Crippen MR) is 73.3 cm³/mol. The third-order valence-corrected chi connectivity index (χ3v) is 3.31. The summed E-state index contributed by atoms with van der Waals surface area (Å²) in [6.07, 6.45) is 0. The molecule has 1 aromatic heterocycles. The molecule has 1 atom stereocenters. The van der Waals surface area contributed by atoms with Gasteiger partial charge in [0, 0.05) is 31.2 Å². The van der Waals surface area contributed by atoms with Gasteiger partial charge in [-0.25, -0.2) is 0 Å². The standard InChI is InChI=1S/C14H17N3O3/c18-9-11-8-17(6-7-19-10-11)14-15-13(16-20-14)12-4-2-1-3-5-12/h1-5,11,18H,6-10H2. The Kier molecular flexibility index (Phi) is 3.94. The molecule has 0 amide bonds. The van der Waals surface area contributed by atoms with Crippen LogP contribution in [-0.2, 0) is 4.74 Å². The third kappa shape index (κ3) is 2.81. The summed E-state index contributed by atoms with van der Waals surface area (Å²) >= 11 is 0. The van der Waals surface area contributed by atoms with Gasteiger partial charge in [0.1, 0.15) is 0 Å². The van der Waals surface area contributed by atoms with Gasteiger partial charge in [0.15, 0.2) is 0 Å². The molecular formula is C14H17N3O3. The first-order valence-electron chi connectivity index (χ1n) is 6.69. The fourth-order valence-electron chi connectivity index (χ4n) is 2.21. The van der Waals surface area contributed by atoms with Crippen LogP contribution in [0.1, 0.15) is 0 Å². The second kappa shape index (κ2) is 6.02. The number of hydrogen-bond donors (Lipinski definition) is 1. The van der Waals surface area contributed by atoms with Crippen molar-refractivity contribution in [3.8, 4) is 11.4 Å². The van der Waals surface area contributed by atoms with E-state index in [4.69, 9.17) is 9.26 Å². The van der Waals surface area contributed by atoms with Crippen LogP contribution in [0.25, 0.3) is 11.4 Å². The van der Waals surface area contributed by atoms with E-state index in [1.54, 1.807) is 0 Å². The summed E-state index contributed by atoms with van der Waals surface area (Å²) in [6.45, 7) is 2.60. The van der Waals surface area contributed by atoms with E-state index in [2.05, 4.69) is 10.1 Å². The zero-order valence-electron chi connectivity index (χ0n) is 11.1. The van der Waals surface area contributed by atoms with Crippen LogP contribution < -0.4 is 4.90 Å². The van der Waals surface area contributed by atoms with Gasteiger partial charge in [-0.2, -0.15) is 4.98 Å². The van der Waals surface area contributed by atoms with E-state index in [9.17, 15) is 5.11 Å². The number of nitrogens with zero attached hydrogens (tertiary/aromatic N) is 3. The Morgan fingerprint density at radius 1 is 1.30 bits per heavy atom. The van der Waals surface area contributed by atoms with Crippen LogP contribution in [0, 0.1) is 5.92 Å². The van der Waals surface area contributed by atoms with Crippen LogP contribution >= 0.6 is 0 Å². The van der Waals surface area contributed by atoms with Crippen LogP contribution in [0.2, 0.25) is 0 Å². The number of benzene rings is 1. The average Bonchev–Trinajstić information content (AvgIpc) is 2.87. The Bertz CT molecular complexity index is 544. The molecule has 0 spiro atoms. The lowest BCUT2D eigenvalue weighted by molar-refractivity contribution is 0.0959. The first kappa shape index (κ1) is 13.1. The highest BCUT2D eigenvalue weighted by atomic mass is 16.5. The summed E-state index contributed by atoms with van der Waals surface area (Å²) in [4.78, 5) is 6.39. The molecule has 3 rings (SSSR count). The number of aliphatic hydroxyl groups excluding tert-OH is 1. The van der Waals surface area contributed by atoms with Gasteiger partial charge >= 0.3 is 6.01 Å². The molecule has 0 aliphatic carbocycles. The molecule has 6 nitrogen and oxygen atoms in total. The lowest BCUT2D eigenvalue weighted by atomic mass is 10.2. The van der Waals surface area contributed by atoms with Gasteiger partial charge in [0.05, 0.1) is 13.2 Å². The fourth-order valence-corrected chi connectivity index (χ4v) is 2.21.